The molecule has 1 aromatic carbocycles. The van der Waals surface area contributed by atoms with Crippen LogP contribution in [-0.2, 0) is 4.79 Å². The summed E-state index contributed by atoms with van der Waals surface area (Å²) in [6, 6.07) is 2.54. The third-order valence-electron chi connectivity index (χ3n) is 3.85. The zero-order chi connectivity index (χ0) is 17.2. The molecule has 1 aliphatic rings. The predicted octanol–water partition coefficient (Wildman–Crippen LogP) is 2.06. The molecule has 1 heterocycles. The fourth-order valence-electron chi connectivity index (χ4n) is 2.76. The van der Waals surface area contributed by atoms with E-state index in [4.69, 9.17) is 5.84 Å². The Labute approximate surface area is 129 Å². The van der Waals surface area contributed by atoms with E-state index < -0.39 is 42.2 Å². The van der Waals surface area contributed by atoms with E-state index >= 15 is 0 Å². The van der Waals surface area contributed by atoms with Crippen LogP contribution >= 0.6 is 0 Å². The summed E-state index contributed by atoms with van der Waals surface area (Å²) >= 11 is 0. The second-order valence-electron chi connectivity index (χ2n) is 5.47. The zero-order valence-electron chi connectivity index (χ0n) is 12.0. The number of amides is 1. The van der Waals surface area contributed by atoms with Crippen molar-refractivity contribution in [1.82, 2.24) is 10.3 Å². The van der Waals surface area contributed by atoms with Crippen LogP contribution in [0.2, 0.25) is 0 Å². The molecule has 128 valence electrons. The molecule has 0 bridgehead atoms. The molecule has 2 rings (SSSR count). The summed E-state index contributed by atoms with van der Waals surface area (Å²) in [6.07, 6.45) is -4.26. The smallest absolute Gasteiger partial charge is 0.332 e. The lowest BCUT2D eigenvalue weighted by Gasteiger charge is -2.27. The standard InChI is InChI=1S/C14H16F5N3O/c15-10-3-1-2-9(12(10)16)8-4-5-11(21-20)13(23)22(6-8)7-14(17,18)19/h1-3,8,11,21H,4-7,20H2/t8-,11?/m1/s1. The van der Waals surface area contributed by atoms with Gasteiger partial charge in [-0.05, 0) is 24.5 Å². The third kappa shape index (κ3) is 4.17. The first-order chi connectivity index (χ1) is 10.7. The molecule has 0 spiro atoms. The molecular formula is C14H16F5N3O. The first-order valence-electron chi connectivity index (χ1n) is 6.98. The summed E-state index contributed by atoms with van der Waals surface area (Å²) in [6.45, 7) is -1.81. The van der Waals surface area contributed by atoms with Crippen LogP contribution in [0.1, 0.15) is 24.3 Å². The highest BCUT2D eigenvalue weighted by molar-refractivity contribution is 5.82. The molecule has 23 heavy (non-hydrogen) atoms. The number of benzene rings is 1. The Bertz CT molecular complexity index is 578. The quantitative estimate of drug-likeness (QED) is 0.504. The average molecular weight is 337 g/mol. The van der Waals surface area contributed by atoms with Gasteiger partial charge in [-0.15, -0.1) is 0 Å². The van der Waals surface area contributed by atoms with Crippen molar-refractivity contribution in [3.63, 3.8) is 0 Å². The van der Waals surface area contributed by atoms with Crippen LogP contribution in [0.15, 0.2) is 18.2 Å². The number of rotatable bonds is 3. The molecule has 0 radical (unpaired) electrons. The van der Waals surface area contributed by atoms with Crippen molar-refractivity contribution in [3.05, 3.63) is 35.4 Å². The molecule has 0 aliphatic carbocycles. The number of hydrogen-bond donors (Lipinski definition) is 2. The van der Waals surface area contributed by atoms with E-state index in [0.717, 1.165) is 6.07 Å². The van der Waals surface area contributed by atoms with Gasteiger partial charge in [0, 0.05) is 12.5 Å². The molecule has 9 heteroatoms. The summed E-state index contributed by atoms with van der Waals surface area (Å²) in [5.74, 6) is 1.50. The van der Waals surface area contributed by atoms with Gasteiger partial charge in [-0.1, -0.05) is 12.1 Å². The molecule has 0 aromatic heterocycles. The number of nitrogens with one attached hydrogen (secondary N) is 1. The summed E-state index contributed by atoms with van der Waals surface area (Å²) in [5.41, 5.74) is 2.14. The maximum absolute atomic E-state index is 13.9. The molecule has 1 amide bonds. The first kappa shape index (κ1) is 17.6. The van der Waals surface area contributed by atoms with Gasteiger partial charge in [0.1, 0.15) is 6.54 Å². The van der Waals surface area contributed by atoms with Crippen LogP contribution in [-0.4, -0.2) is 36.1 Å². The summed E-state index contributed by atoms with van der Waals surface area (Å²) in [7, 11) is 0. The van der Waals surface area contributed by atoms with Crippen molar-refractivity contribution >= 4 is 5.91 Å². The number of nitrogens with zero attached hydrogens (tertiary/aromatic N) is 1. The predicted molar refractivity (Wildman–Crippen MR) is 72.1 cm³/mol. The summed E-state index contributed by atoms with van der Waals surface area (Å²) in [5, 5.41) is 0. The van der Waals surface area contributed by atoms with Crippen LogP contribution in [0.5, 0.6) is 0 Å². The number of hydrogen-bond acceptors (Lipinski definition) is 3. The molecule has 1 saturated heterocycles. The lowest BCUT2D eigenvalue weighted by atomic mass is 9.93. The number of carbonyl (C=O) groups is 1. The van der Waals surface area contributed by atoms with Crippen LogP contribution in [0.25, 0.3) is 0 Å². The minimum atomic E-state index is -4.59. The Morgan fingerprint density at radius 3 is 2.57 bits per heavy atom. The van der Waals surface area contributed by atoms with Crippen molar-refractivity contribution < 1.29 is 26.7 Å². The van der Waals surface area contributed by atoms with Gasteiger partial charge in [-0.3, -0.25) is 10.6 Å². The molecule has 0 saturated carbocycles. The minimum absolute atomic E-state index is 0.0392. The van der Waals surface area contributed by atoms with Gasteiger partial charge in [0.15, 0.2) is 11.6 Å². The highest BCUT2D eigenvalue weighted by Gasteiger charge is 2.39. The molecule has 2 atom stereocenters. The molecule has 1 aliphatic heterocycles. The zero-order valence-corrected chi connectivity index (χ0v) is 12.0. The van der Waals surface area contributed by atoms with Gasteiger partial charge in [0.25, 0.3) is 0 Å². The first-order valence-corrected chi connectivity index (χ1v) is 6.98. The number of halogens is 5. The Kier molecular flexibility index (Phi) is 5.20. The maximum Gasteiger partial charge on any atom is 0.406 e. The van der Waals surface area contributed by atoms with Crippen molar-refractivity contribution in [3.8, 4) is 0 Å². The fraction of sp³-hybridized carbons (Fsp3) is 0.500. The minimum Gasteiger partial charge on any atom is -0.332 e. The van der Waals surface area contributed by atoms with Crippen molar-refractivity contribution in [2.45, 2.75) is 31.0 Å². The van der Waals surface area contributed by atoms with Crippen LogP contribution in [0.3, 0.4) is 0 Å². The molecule has 4 nitrogen and oxygen atoms in total. The van der Waals surface area contributed by atoms with Gasteiger partial charge >= 0.3 is 6.18 Å². The number of likely N-dealkylation sites (tertiary alicyclic amines) is 1. The van der Waals surface area contributed by atoms with E-state index in [9.17, 15) is 26.7 Å². The Hall–Kier alpha value is -1.74. The summed E-state index contributed by atoms with van der Waals surface area (Å²) < 4.78 is 65.3. The van der Waals surface area contributed by atoms with Gasteiger partial charge in [0.2, 0.25) is 5.91 Å². The Balaban J connectivity index is 2.31. The molecule has 1 unspecified atom stereocenters. The average Bonchev–Trinajstić information content (AvgIpc) is 2.60. The number of alkyl halides is 3. The van der Waals surface area contributed by atoms with E-state index in [1.54, 1.807) is 0 Å². The topological polar surface area (TPSA) is 58.4 Å². The second-order valence-corrected chi connectivity index (χ2v) is 5.47. The van der Waals surface area contributed by atoms with Crippen LogP contribution < -0.4 is 11.3 Å². The largest absolute Gasteiger partial charge is 0.406 e. The Morgan fingerprint density at radius 2 is 1.96 bits per heavy atom. The monoisotopic (exact) mass is 337 g/mol. The van der Waals surface area contributed by atoms with Crippen LogP contribution in [0.4, 0.5) is 22.0 Å². The number of nitrogens with two attached hydrogens (primary N) is 1. The lowest BCUT2D eigenvalue weighted by molar-refractivity contribution is -0.162. The van der Waals surface area contributed by atoms with E-state index in [0.29, 0.717) is 4.90 Å². The van der Waals surface area contributed by atoms with Crippen LogP contribution in [0, 0.1) is 11.6 Å². The van der Waals surface area contributed by atoms with Gasteiger partial charge in [-0.25, -0.2) is 14.2 Å². The van der Waals surface area contributed by atoms with E-state index in [2.05, 4.69) is 5.43 Å². The lowest BCUT2D eigenvalue weighted by Crippen LogP contribution is -2.50. The van der Waals surface area contributed by atoms with E-state index in [1.165, 1.54) is 12.1 Å². The van der Waals surface area contributed by atoms with Crippen molar-refractivity contribution in [2.75, 3.05) is 13.1 Å². The SMILES string of the molecule is NNC1CC[C@@H](c2cccc(F)c2F)CN(CC(F)(F)F)C1=O. The third-order valence-corrected chi connectivity index (χ3v) is 3.85. The summed E-state index contributed by atoms with van der Waals surface area (Å²) in [4.78, 5) is 12.7. The maximum atomic E-state index is 13.9. The molecule has 3 N–H and O–H groups in total. The molecule has 1 fully saturated rings. The highest BCUT2D eigenvalue weighted by Crippen LogP contribution is 2.31. The normalized spacial score (nSPS) is 23.0. The van der Waals surface area contributed by atoms with Gasteiger partial charge in [0.05, 0.1) is 6.04 Å². The molecular weight excluding hydrogens is 321 g/mol. The number of carbonyl (C=O) groups excluding carboxylic acids is 1. The van der Waals surface area contributed by atoms with Gasteiger partial charge in [-0.2, -0.15) is 13.2 Å². The number of hydrazine groups is 1. The Morgan fingerprint density at radius 1 is 1.26 bits per heavy atom. The van der Waals surface area contributed by atoms with Crippen molar-refractivity contribution in [2.24, 2.45) is 5.84 Å². The highest BCUT2D eigenvalue weighted by atomic mass is 19.4. The van der Waals surface area contributed by atoms with Crippen molar-refractivity contribution in [1.29, 1.82) is 0 Å². The molecule has 1 aromatic rings. The van der Waals surface area contributed by atoms with E-state index in [1.807, 2.05) is 0 Å². The van der Waals surface area contributed by atoms with E-state index in [-0.39, 0.29) is 24.9 Å². The fourth-order valence-corrected chi connectivity index (χ4v) is 2.76. The second kappa shape index (κ2) is 6.79. The van der Waals surface area contributed by atoms with Gasteiger partial charge < -0.3 is 4.90 Å².